The van der Waals surface area contributed by atoms with Gasteiger partial charge in [0, 0.05) is 45.3 Å². The summed E-state index contributed by atoms with van der Waals surface area (Å²) in [7, 11) is 0. The zero-order valence-corrected chi connectivity index (χ0v) is 26.4. The van der Waals surface area contributed by atoms with Crippen molar-refractivity contribution in [3.8, 4) is 11.5 Å². The lowest BCUT2D eigenvalue weighted by atomic mass is 10.0. The van der Waals surface area contributed by atoms with Crippen LogP contribution >= 0.6 is 12.4 Å². The number of benzene rings is 4. The van der Waals surface area contributed by atoms with Gasteiger partial charge in [-0.2, -0.15) is 0 Å². The van der Waals surface area contributed by atoms with E-state index in [1.807, 2.05) is 36.4 Å². The third-order valence-corrected chi connectivity index (χ3v) is 8.25. The Morgan fingerprint density at radius 1 is 0.674 bits per heavy atom. The van der Waals surface area contributed by atoms with E-state index in [2.05, 4.69) is 101 Å². The van der Waals surface area contributed by atoms with Gasteiger partial charge in [-0.1, -0.05) is 111 Å². The summed E-state index contributed by atoms with van der Waals surface area (Å²) in [5, 5.41) is 0. The lowest BCUT2D eigenvalue weighted by molar-refractivity contribution is 0.0614. The molecule has 4 aromatic rings. The van der Waals surface area contributed by atoms with E-state index in [1.54, 1.807) is 0 Å². The predicted molar refractivity (Wildman–Crippen MR) is 179 cm³/mol. The van der Waals surface area contributed by atoms with Crippen LogP contribution in [0.2, 0.25) is 0 Å². The molecular formula is C37H46ClN3O2. The van der Waals surface area contributed by atoms with Crippen molar-refractivity contribution < 1.29 is 9.47 Å². The number of hydrogen-bond acceptors (Lipinski definition) is 5. The fourth-order valence-electron chi connectivity index (χ4n) is 5.70. The van der Waals surface area contributed by atoms with Crippen molar-refractivity contribution >= 4 is 12.4 Å². The number of hydrogen-bond donors (Lipinski definition) is 0. The molecular weight excluding hydrogens is 554 g/mol. The summed E-state index contributed by atoms with van der Waals surface area (Å²) in [5.41, 5.74) is 4.93. The molecule has 4 aromatic carbocycles. The Bertz CT molecular complexity index is 1340. The average Bonchev–Trinajstić information content (AvgIpc) is 3.05. The van der Waals surface area contributed by atoms with Crippen LogP contribution in [0.15, 0.2) is 109 Å². The zero-order chi connectivity index (χ0) is 29.0. The molecule has 43 heavy (non-hydrogen) atoms. The molecule has 1 heterocycles. The molecule has 0 N–H and O–H groups in total. The molecule has 6 heteroatoms. The molecule has 0 amide bonds. The molecule has 1 atom stereocenters. The van der Waals surface area contributed by atoms with Crippen LogP contribution < -0.4 is 9.47 Å². The van der Waals surface area contributed by atoms with Crippen LogP contribution in [0, 0.1) is 0 Å². The fraction of sp³-hybridized carbons (Fsp3) is 0.351. The highest BCUT2D eigenvalue weighted by atomic mass is 35.5. The van der Waals surface area contributed by atoms with E-state index in [0.29, 0.717) is 19.3 Å². The molecule has 5 nitrogen and oxygen atoms in total. The molecule has 0 aliphatic carbocycles. The molecule has 1 saturated heterocycles. The maximum atomic E-state index is 6.37. The number of likely N-dealkylation sites (N-methyl/N-ethyl adjacent to an activating group) is 1. The topological polar surface area (TPSA) is 28.2 Å². The van der Waals surface area contributed by atoms with Crippen molar-refractivity contribution in [1.82, 2.24) is 14.7 Å². The Labute approximate surface area is 264 Å². The standard InChI is InChI=1S/C37H45N3O2.ClH/c1-3-38(4-2)22-24-40-25-23-39(28-35(40)34-18-12-7-13-19-34)27-33-20-21-36(41-29-31-14-8-5-9-15-31)37(26-33)42-30-32-16-10-6-11-17-32;/h5-21,26,35H,3-4,22-25,27-30H2,1-2H3;1H. The van der Waals surface area contributed by atoms with E-state index in [-0.39, 0.29) is 12.4 Å². The van der Waals surface area contributed by atoms with Gasteiger partial charge in [-0.25, -0.2) is 0 Å². The number of rotatable bonds is 14. The second-order valence-corrected chi connectivity index (χ2v) is 11.1. The number of nitrogens with zero attached hydrogens (tertiary/aromatic N) is 3. The van der Waals surface area contributed by atoms with Gasteiger partial charge in [0.25, 0.3) is 0 Å². The third-order valence-electron chi connectivity index (χ3n) is 8.25. The summed E-state index contributed by atoms with van der Waals surface area (Å²) in [6.07, 6.45) is 0. The Balaban J connectivity index is 0.00000423. The normalized spacial score (nSPS) is 15.7. The highest BCUT2D eigenvalue weighted by Gasteiger charge is 2.28. The van der Waals surface area contributed by atoms with E-state index in [0.717, 1.165) is 75.0 Å². The number of ether oxygens (including phenoxy) is 2. The molecule has 1 unspecified atom stereocenters. The van der Waals surface area contributed by atoms with Gasteiger partial charge in [-0.15, -0.1) is 12.4 Å². The second kappa shape index (κ2) is 17.1. The van der Waals surface area contributed by atoms with Crippen LogP contribution in [0.25, 0.3) is 0 Å². The van der Waals surface area contributed by atoms with Gasteiger partial charge in [0.05, 0.1) is 0 Å². The van der Waals surface area contributed by atoms with E-state index >= 15 is 0 Å². The van der Waals surface area contributed by atoms with Crippen LogP contribution in [0.5, 0.6) is 11.5 Å². The zero-order valence-electron chi connectivity index (χ0n) is 25.6. The van der Waals surface area contributed by atoms with Crippen molar-refractivity contribution in [2.45, 2.75) is 39.6 Å². The highest BCUT2D eigenvalue weighted by molar-refractivity contribution is 5.85. The summed E-state index contributed by atoms with van der Waals surface area (Å²) in [6.45, 7) is 14.0. The van der Waals surface area contributed by atoms with Gasteiger partial charge in [0.2, 0.25) is 0 Å². The van der Waals surface area contributed by atoms with Crippen molar-refractivity contribution in [2.24, 2.45) is 0 Å². The Morgan fingerprint density at radius 2 is 1.26 bits per heavy atom. The Hall–Kier alpha value is -3.35. The van der Waals surface area contributed by atoms with Crippen LogP contribution in [-0.2, 0) is 19.8 Å². The first-order valence-corrected chi connectivity index (χ1v) is 15.4. The maximum absolute atomic E-state index is 6.37. The van der Waals surface area contributed by atoms with Gasteiger partial charge in [0.1, 0.15) is 13.2 Å². The van der Waals surface area contributed by atoms with Crippen LogP contribution in [0.4, 0.5) is 0 Å². The molecule has 0 aromatic heterocycles. The van der Waals surface area contributed by atoms with E-state index in [4.69, 9.17) is 9.47 Å². The molecule has 0 bridgehead atoms. The summed E-state index contributed by atoms with van der Waals surface area (Å²) in [6, 6.07) is 38.5. The number of halogens is 1. The quantitative estimate of drug-likeness (QED) is 0.150. The molecule has 0 radical (unpaired) electrons. The Morgan fingerprint density at radius 3 is 1.86 bits per heavy atom. The van der Waals surface area contributed by atoms with Crippen LogP contribution in [-0.4, -0.2) is 60.5 Å². The second-order valence-electron chi connectivity index (χ2n) is 11.1. The molecule has 1 aliphatic heterocycles. The molecule has 1 fully saturated rings. The van der Waals surface area contributed by atoms with Gasteiger partial charge >= 0.3 is 0 Å². The largest absolute Gasteiger partial charge is 0.485 e. The SMILES string of the molecule is CCN(CC)CCN1CCN(Cc2ccc(OCc3ccccc3)c(OCc3ccccc3)c2)CC1c1ccccc1.Cl. The van der Waals surface area contributed by atoms with E-state index in [9.17, 15) is 0 Å². The van der Waals surface area contributed by atoms with Crippen molar-refractivity contribution in [1.29, 1.82) is 0 Å². The molecule has 0 saturated carbocycles. The monoisotopic (exact) mass is 599 g/mol. The minimum atomic E-state index is 0. The van der Waals surface area contributed by atoms with E-state index in [1.165, 1.54) is 11.1 Å². The van der Waals surface area contributed by atoms with E-state index < -0.39 is 0 Å². The minimum absolute atomic E-state index is 0. The fourth-order valence-corrected chi connectivity index (χ4v) is 5.70. The van der Waals surface area contributed by atoms with Crippen molar-refractivity contribution in [3.63, 3.8) is 0 Å². The Kier molecular flexibility index (Phi) is 12.9. The maximum Gasteiger partial charge on any atom is 0.162 e. The molecule has 5 rings (SSSR count). The van der Waals surface area contributed by atoms with Crippen LogP contribution in [0.1, 0.15) is 42.1 Å². The first-order valence-electron chi connectivity index (χ1n) is 15.4. The van der Waals surface area contributed by atoms with Gasteiger partial charge in [-0.05, 0) is 47.5 Å². The third kappa shape index (κ3) is 9.57. The predicted octanol–water partition coefficient (Wildman–Crippen LogP) is 7.47. The molecule has 228 valence electrons. The summed E-state index contributed by atoms with van der Waals surface area (Å²) in [5.74, 6) is 1.58. The van der Waals surface area contributed by atoms with Gasteiger partial charge in [-0.3, -0.25) is 9.80 Å². The molecule has 1 aliphatic rings. The van der Waals surface area contributed by atoms with Crippen LogP contribution in [0.3, 0.4) is 0 Å². The summed E-state index contributed by atoms with van der Waals surface area (Å²) < 4.78 is 12.6. The lowest BCUT2D eigenvalue weighted by Crippen LogP contribution is -2.50. The lowest BCUT2D eigenvalue weighted by Gasteiger charge is -2.42. The summed E-state index contributed by atoms with van der Waals surface area (Å²) >= 11 is 0. The molecule has 0 spiro atoms. The van der Waals surface area contributed by atoms with Crippen molar-refractivity contribution in [2.75, 3.05) is 45.8 Å². The smallest absolute Gasteiger partial charge is 0.162 e. The first-order chi connectivity index (χ1) is 20.7. The minimum Gasteiger partial charge on any atom is -0.485 e. The van der Waals surface area contributed by atoms with Crippen molar-refractivity contribution in [3.05, 3.63) is 131 Å². The van der Waals surface area contributed by atoms with Gasteiger partial charge < -0.3 is 14.4 Å². The average molecular weight is 600 g/mol. The highest BCUT2D eigenvalue weighted by Crippen LogP contribution is 2.32. The number of piperazine rings is 1. The van der Waals surface area contributed by atoms with Gasteiger partial charge in [0.15, 0.2) is 11.5 Å². The first kappa shape index (κ1) is 32.6. The summed E-state index contributed by atoms with van der Waals surface area (Å²) in [4.78, 5) is 7.79.